The van der Waals surface area contributed by atoms with Crippen LogP contribution in [0.15, 0.2) is 60.0 Å². The molecule has 1 aromatic carbocycles. The molecule has 3 heterocycles. The van der Waals surface area contributed by atoms with Crippen molar-refractivity contribution in [1.82, 2.24) is 9.97 Å². The van der Waals surface area contributed by atoms with E-state index in [2.05, 4.69) is 9.97 Å². The number of rotatable bonds is 7. The van der Waals surface area contributed by atoms with E-state index in [0.29, 0.717) is 33.4 Å². The van der Waals surface area contributed by atoms with Crippen LogP contribution >= 0.6 is 11.3 Å². The van der Waals surface area contributed by atoms with Crippen molar-refractivity contribution >= 4 is 34.7 Å². The molecule has 1 atom stereocenters. The molecule has 0 aliphatic carbocycles. The van der Waals surface area contributed by atoms with Gasteiger partial charge in [-0.3, -0.25) is 19.5 Å². The summed E-state index contributed by atoms with van der Waals surface area (Å²) >= 11 is 1.20. The van der Waals surface area contributed by atoms with Crippen LogP contribution in [0.4, 0.5) is 5.69 Å². The number of carbonyl (C=O) groups is 3. The summed E-state index contributed by atoms with van der Waals surface area (Å²) in [5.74, 6) is -2.40. The number of aliphatic hydroxyl groups is 1. The Kier molecular flexibility index (Phi) is 6.56. The van der Waals surface area contributed by atoms with E-state index < -0.39 is 29.5 Å². The van der Waals surface area contributed by atoms with E-state index in [-0.39, 0.29) is 17.7 Å². The van der Waals surface area contributed by atoms with Crippen LogP contribution in [-0.4, -0.2) is 39.3 Å². The summed E-state index contributed by atoms with van der Waals surface area (Å²) in [7, 11) is 0. The van der Waals surface area contributed by atoms with Crippen LogP contribution in [0.2, 0.25) is 0 Å². The van der Waals surface area contributed by atoms with Crippen LogP contribution < -0.4 is 4.90 Å². The topological polar surface area (TPSA) is 110 Å². The summed E-state index contributed by atoms with van der Waals surface area (Å²) in [5.41, 5.74) is 1.44. The number of hydrogen-bond acceptors (Lipinski definition) is 8. The van der Waals surface area contributed by atoms with Crippen molar-refractivity contribution in [2.45, 2.75) is 33.2 Å². The predicted molar refractivity (Wildman–Crippen MR) is 127 cm³/mol. The quantitative estimate of drug-likeness (QED) is 0.394. The normalized spacial score (nSPS) is 15.7. The third-order valence-corrected chi connectivity index (χ3v) is 6.40. The van der Waals surface area contributed by atoms with E-state index in [4.69, 9.17) is 4.74 Å². The Bertz CT molecular complexity index is 1300. The highest BCUT2D eigenvalue weighted by atomic mass is 32.1. The monoisotopic (exact) mass is 477 g/mol. The Hall–Kier alpha value is -3.85. The lowest BCUT2D eigenvalue weighted by atomic mass is 9.98. The van der Waals surface area contributed by atoms with Gasteiger partial charge in [-0.25, -0.2) is 9.78 Å². The Labute approximate surface area is 200 Å². The zero-order valence-corrected chi connectivity index (χ0v) is 19.8. The molecule has 1 amide bonds. The van der Waals surface area contributed by atoms with Crippen LogP contribution in [-0.2, 0) is 9.53 Å². The Morgan fingerprint density at radius 2 is 1.97 bits per heavy atom. The third-order valence-electron chi connectivity index (χ3n) is 5.33. The van der Waals surface area contributed by atoms with Gasteiger partial charge in [-0.1, -0.05) is 19.1 Å². The molecular formula is C25H23N3O5S. The van der Waals surface area contributed by atoms with E-state index in [1.54, 1.807) is 56.4 Å². The minimum atomic E-state index is -0.982. The van der Waals surface area contributed by atoms with Gasteiger partial charge in [0.25, 0.3) is 5.91 Å². The Morgan fingerprint density at radius 3 is 2.62 bits per heavy atom. The molecule has 4 rings (SSSR count). The van der Waals surface area contributed by atoms with E-state index in [0.717, 1.165) is 0 Å². The SMILES string of the molecule is CCCOC(=O)c1cccc(N2C(=O)C(O)=C(C(=O)c3sc(C)nc3C)C2c2ccccn2)c1. The summed E-state index contributed by atoms with van der Waals surface area (Å²) in [6, 6.07) is 10.5. The van der Waals surface area contributed by atoms with Gasteiger partial charge in [-0.2, -0.15) is 0 Å². The van der Waals surface area contributed by atoms with Crippen LogP contribution in [0, 0.1) is 13.8 Å². The first-order valence-electron chi connectivity index (χ1n) is 10.8. The number of Topliss-reactive ketones (excluding diaryl/α,β-unsaturated/α-hetero) is 1. The first kappa shape index (κ1) is 23.3. The summed E-state index contributed by atoms with van der Waals surface area (Å²) < 4.78 is 5.21. The van der Waals surface area contributed by atoms with Gasteiger partial charge in [0.1, 0.15) is 6.04 Å². The molecule has 8 nitrogen and oxygen atoms in total. The number of esters is 1. The van der Waals surface area contributed by atoms with Crippen LogP contribution in [0.3, 0.4) is 0 Å². The molecule has 9 heteroatoms. The zero-order valence-electron chi connectivity index (χ0n) is 18.9. The van der Waals surface area contributed by atoms with Gasteiger partial charge in [0.15, 0.2) is 5.76 Å². The number of aliphatic hydroxyl groups excluding tert-OH is 1. The van der Waals surface area contributed by atoms with Crippen LogP contribution in [0.1, 0.15) is 55.8 Å². The highest BCUT2D eigenvalue weighted by molar-refractivity contribution is 7.14. The van der Waals surface area contributed by atoms with Crippen LogP contribution in [0.25, 0.3) is 0 Å². The second-order valence-corrected chi connectivity index (χ2v) is 8.96. The molecule has 174 valence electrons. The summed E-state index contributed by atoms with van der Waals surface area (Å²) in [5, 5.41) is 11.6. The largest absolute Gasteiger partial charge is 0.503 e. The molecule has 0 saturated carbocycles. The highest BCUT2D eigenvalue weighted by Crippen LogP contribution is 2.42. The molecule has 2 aromatic heterocycles. The third kappa shape index (κ3) is 4.22. The Morgan fingerprint density at radius 1 is 1.18 bits per heavy atom. The first-order valence-corrected chi connectivity index (χ1v) is 11.6. The van der Waals surface area contributed by atoms with Gasteiger partial charge < -0.3 is 9.84 Å². The maximum absolute atomic E-state index is 13.6. The lowest BCUT2D eigenvalue weighted by Gasteiger charge is -2.26. The second kappa shape index (κ2) is 9.56. The number of benzene rings is 1. The van der Waals surface area contributed by atoms with Crippen molar-refractivity contribution in [1.29, 1.82) is 0 Å². The minimum Gasteiger partial charge on any atom is -0.503 e. The molecule has 0 spiro atoms. The molecule has 1 aliphatic rings. The zero-order chi connectivity index (χ0) is 24.4. The molecule has 0 bridgehead atoms. The van der Waals surface area contributed by atoms with Gasteiger partial charge in [0, 0.05) is 11.9 Å². The Balaban J connectivity index is 1.82. The summed E-state index contributed by atoms with van der Waals surface area (Å²) in [4.78, 5) is 49.6. The van der Waals surface area contributed by atoms with Crippen molar-refractivity contribution in [3.8, 4) is 0 Å². The number of aromatic nitrogens is 2. The summed E-state index contributed by atoms with van der Waals surface area (Å²) in [6.45, 7) is 5.67. The number of thiazole rings is 1. The van der Waals surface area contributed by atoms with Crippen molar-refractivity contribution in [2.24, 2.45) is 0 Å². The van der Waals surface area contributed by atoms with E-state index in [1.807, 2.05) is 6.92 Å². The second-order valence-electron chi connectivity index (χ2n) is 7.76. The van der Waals surface area contributed by atoms with Crippen molar-refractivity contribution < 1.29 is 24.2 Å². The average molecular weight is 478 g/mol. The van der Waals surface area contributed by atoms with Crippen molar-refractivity contribution in [2.75, 3.05) is 11.5 Å². The van der Waals surface area contributed by atoms with E-state index >= 15 is 0 Å². The number of nitrogens with zero attached hydrogens (tertiary/aromatic N) is 3. The van der Waals surface area contributed by atoms with Gasteiger partial charge in [0.05, 0.1) is 39.0 Å². The molecule has 3 aromatic rings. The fraction of sp³-hybridized carbons (Fsp3) is 0.240. The lowest BCUT2D eigenvalue weighted by molar-refractivity contribution is -0.117. The molecule has 1 unspecified atom stereocenters. The average Bonchev–Trinajstić information content (AvgIpc) is 3.32. The molecule has 0 fully saturated rings. The molecule has 0 radical (unpaired) electrons. The number of ether oxygens (including phenoxy) is 1. The standard InChI is InChI=1S/C25H23N3O5S/c1-4-12-33-25(32)16-8-7-9-17(13-16)28-20(18-10-5-6-11-26-18)19(22(30)24(28)31)21(29)23-14(2)27-15(3)34-23/h5-11,13,20,30H,4,12H2,1-3H3. The lowest BCUT2D eigenvalue weighted by Crippen LogP contribution is -2.31. The van der Waals surface area contributed by atoms with E-state index in [9.17, 15) is 19.5 Å². The minimum absolute atomic E-state index is 0.0746. The van der Waals surface area contributed by atoms with Gasteiger partial charge in [-0.15, -0.1) is 11.3 Å². The molecule has 0 saturated heterocycles. The van der Waals surface area contributed by atoms with Crippen molar-refractivity contribution in [3.05, 3.63) is 86.8 Å². The maximum atomic E-state index is 13.6. The van der Waals surface area contributed by atoms with Crippen molar-refractivity contribution in [3.63, 3.8) is 0 Å². The fourth-order valence-electron chi connectivity index (χ4n) is 3.85. The number of aryl methyl sites for hydroxylation is 2. The number of hydrogen-bond donors (Lipinski definition) is 1. The molecular weight excluding hydrogens is 454 g/mol. The number of amides is 1. The van der Waals surface area contributed by atoms with Gasteiger partial charge in [-0.05, 0) is 50.6 Å². The number of carbonyl (C=O) groups excluding carboxylic acids is 3. The predicted octanol–water partition coefficient (Wildman–Crippen LogP) is 4.50. The fourth-order valence-corrected chi connectivity index (χ4v) is 4.72. The number of ketones is 1. The molecule has 1 N–H and O–H groups in total. The first-order chi connectivity index (χ1) is 16.3. The molecule has 1 aliphatic heterocycles. The van der Waals surface area contributed by atoms with Gasteiger partial charge >= 0.3 is 5.97 Å². The van der Waals surface area contributed by atoms with Crippen LogP contribution in [0.5, 0.6) is 0 Å². The number of pyridine rings is 1. The smallest absolute Gasteiger partial charge is 0.338 e. The summed E-state index contributed by atoms with van der Waals surface area (Å²) in [6.07, 6.45) is 2.23. The van der Waals surface area contributed by atoms with E-state index in [1.165, 1.54) is 22.3 Å². The maximum Gasteiger partial charge on any atom is 0.338 e. The van der Waals surface area contributed by atoms with Gasteiger partial charge in [0.2, 0.25) is 5.78 Å². The number of anilines is 1. The highest BCUT2D eigenvalue weighted by Gasteiger charge is 2.46. The molecule has 34 heavy (non-hydrogen) atoms.